The number of hydrogen-bond acceptors (Lipinski definition) is 17. The molecule has 1 aliphatic heterocycles. The zero-order chi connectivity index (χ0) is 42.7. The Balaban J connectivity index is 1.39. The van der Waals surface area contributed by atoms with Crippen LogP contribution in [0.1, 0.15) is 87.1 Å². The van der Waals surface area contributed by atoms with Gasteiger partial charge in [0.2, 0.25) is 5.88 Å². The Hall–Kier alpha value is -2.49. The van der Waals surface area contributed by atoms with Crippen LogP contribution in [0.5, 0.6) is 5.88 Å². The van der Waals surface area contributed by atoms with Crippen LogP contribution in [0, 0.1) is 23.2 Å². The van der Waals surface area contributed by atoms with Gasteiger partial charge in [0.15, 0.2) is 11.2 Å². The summed E-state index contributed by atoms with van der Waals surface area (Å²) < 4.78 is 66.9. The second-order valence-electron chi connectivity index (χ2n) is 16.5. The van der Waals surface area contributed by atoms with Gasteiger partial charge < -0.3 is 36.3 Å². The largest absolute Gasteiger partial charge is 0.695 e. The van der Waals surface area contributed by atoms with E-state index in [9.17, 15) is 19.5 Å². The van der Waals surface area contributed by atoms with Gasteiger partial charge in [-0.2, -0.15) is 5.26 Å². The molecule has 0 spiro atoms. The molecule has 24 heteroatoms. The van der Waals surface area contributed by atoms with Gasteiger partial charge in [-0.15, -0.1) is 14.5 Å². The second-order valence-corrected chi connectivity index (χ2v) is 29.0. The molecule has 3 aromatic rings. The third-order valence-electron chi connectivity index (χ3n) is 11.5. The summed E-state index contributed by atoms with van der Waals surface area (Å²) in [7, 11) is -9.05. The van der Waals surface area contributed by atoms with Gasteiger partial charge >= 0.3 is 32.1 Å². The van der Waals surface area contributed by atoms with Gasteiger partial charge in [0, 0.05) is 41.7 Å². The molecule has 0 radical (unpaired) electrons. The van der Waals surface area contributed by atoms with E-state index in [1.807, 2.05) is 0 Å². The van der Waals surface area contributed by atoms with Crippen molar-refractivity contribution in [2.45, 2.75) is 134 Å². The molecule has 3 aliphatic rings. The van der Waals surface area contributed by atoms with Gasteiger partial charge in [0.1, 0.15) is 24.6 Å². The van der Waals surface area contributed by atoms with Crippen LogP contribution in [0.4, 0.5) is 0 Å². The molecule has 2 aliphatic carbocycles. The summed E-state index contributed by atoms with van der Waals surface area (Å²) >= 11 is 6.19. The number of hydrogen-bond donors (Lipinski definition) is 2. The van der Waals surface area contributed by atoms with E-state index in [0.29, 0.717) is 25.3 Å². The first-order valence-electron chi connectivity index (χ1n) is 20.0. The minimum Gasteiger partial charge on any atom is -0.474 e. The average Bonchev–Trinajstić information content (AvgIpc) is 3.86. The van der Waals surface area contributed by atoms with Crippen LogP contribution in [0.25, 0.3) is 11.2 Å². The number of ether oxygens (including phenoxy) is 1. The topological polar surface area (TPSA) is 237 Å². The van der Waals surface area contributed by atoms with Crippen molar-refractivity contribution < 1.29 is 45.3 Å². The number of nitrogens with one attached hydrogen (secondary N) is 1. The van der Waals surface area contributed by atoms with E-state index < -0.39 is 74.0 Å². The standard InChI is InChI=1S/C35H54N8O11P2SSi2/c1-21(2)58(22(3)4)49-18-26-15-28(43-34-31(41-42-43)35(44)40-20-39-34)33(32(26)53-59(54-58,23(5)6)24(7)8)52-56(57,47-13-9-11-36)48-17-25-14-27(16-29(25)51-55(45)46)50-30-10-12-37-19-38-30/h10,12,19-29,32-33H,9,13-18H2,1-8H3,(H-,39,40,42,44,45,46)/p+1/t25-,26-,27-,28-,29+,32-,33-,56?/m1/s1. The third kappa shape index (κ3) is 9.93. The van der Waals surface area contributed by atoms with Crippen molar-refractivity contribution in [3.8, 4) is 11.9 Å². The molecule has 2 N–H and O–H groups in total. The number of nitrogens with zero attached hydrogens (tertiary/aromatic N) is 7. The van der Waals surface area contributed by atoms with Crippen LogP contribution < -0.4 is 10.3 Å². The highest BCUT2D eigenvalue weighted by molar-refractivity contribution is 8.07. The average molecular weight is 914 g/mol. The van der Waals surface area contributed by atoms with E-state index in [1.165, 1.54) is 12.7 Å². The third-order valence-corrected chi connectivity index (χ3v) is 24.5. The summed E-state index contributed by atoms with van der Waals surface area (Å²) in [4.78, 5) is 37.7. The van der Waals surface area contributed by atoms with Crippen molar-refractivity contribution in [3.05, 3.63) is 35.3 Å². The van der Waals surface area contributed by atoms with E-state index in [4.69, 9.17) is 47.6 Å². The van der Waals surface area contributed by atoms with Crippen LogP contribution in [0.2, 0.25) is 22.2 Å². The lowest BCUT2D eigenvalue weighted by Crippen LogP contribution is -2.65. The van der Waals surface area contributed by atoms with Gasteiger partial charge in [-0.1, -0.05) is 60.6 Å². The molecule has 3 aromatic heterocycles. The van der Waals surface area contributed by atoms with Gasteiger partial charge in [-0.3, -0.25) is 4.79 Å². The number of H-pyrrole nitrogens is 1. The van der Waals surface area contributed by atoms with Crippen molar-refractivity contribution in [1.29, 1.82) is 5.26 Å². The van der Waals surface area contributed by atoms with Gasteiger partial charge in [-0.25, -0.2) is 19.6 Å². The number of fused-ring (bicyclic) bond motifs is 2. The summed E-state index contributed by atoms with van der Waals surface area (Å²) in [6, 6.07) is 3.07. The molecule has 1 saturated heterocycles. The highest BCUT2D eigenvalue weighted by atomic mass is 32.5. The van der Waals surface area contributed by atoms with Gasteiger partial charge in [0.05, 0.1) is 44.2 Å². The van der Waals surface area contributed by atoms with Crippen LogP contribution >= 0.6 is 15.0 Å². The minimum absolute atomic E-state index is 0.00219. The summed E-state index contributed by atoms with van der Waals surface area (Å²) in [6.07, 6.45) is 2.59. The Morgan fingerprint density at radius 3 is 2.46 bits per heavy atom. The first kappa shape index (κ1) is 46.0. The lowest BCUT2D eigenvalue weighted by molar-refractivity contribution is -0.0256. The van der Waals surface area contributed by atoms with Crippen molar-refractivity contribution in [2.24, 2.45) is 11.8 Å². The molecular formula is C35H55N8O11P2SSi2+. The van der Waals surface area contributed by atoms with Crippen LogP contribution in [-0.4, -0.2) is 101 Å². The normalized spacial score (nSPS) is 28.1. The zero-order valence-electron chi connectivity index (χ0n) is 34.6. The van der Waals surface area contributed by atoms with Crippen molar-refractivity contribution in [2.75, 3.05) is 19.8 Å². The summed E-state index contributed by atoms with van der Waals surface area (Å²) in [5.41, 5.74) is 0.117. The number of rotatable bonds is 17. The van der Waals surface area contributed by atoms with Gasteiger partial charge in [-0.05, 0) is 46.8 Å². The fourth-order valence-corrected chi connectivity index (χ4v) is 22.6. The Morgan fingerprint density at radius 2 is 1.81 bits per heavy atom. The second kappa shape index (κ2) is 19.3. The van der Waals surface area contributed by atoms with Crippen molar-refractivity contribution in [3.63, 3.8) is 0 Å². The van der Waals surface area contributed by atoms with Crippen molar-refractivity contribution in [1.82, 2.24) is 34.9 Å². The molecule has 3 fully saturated rings. The van der Waals surface area contributed by atoms with E-state index in [-0.39, 0.29) is 65.3 Å². The molecule has 9 atom stereocenters. The smallest absolute Gasteiger partial charge is 0.474 e. The molecule has 0 aromatic carbocycles. The number of aromatic amines is 1. The number of aromatic nitrogens is 7. The lowest BCUT2D eigenvalue weighted by Gasteiger charge is -2.52. The lowest BCUT2D eigenvalue weighted by atomic mass is 10.1. The van der Waals surface area contributed by atoms with E-state index in [0.717, 1.165) is 0 Å². The Kier molecular flexibility index (Phi) is 15.0. The van der Waals surface area contributed by atoms with E-state index in [1.54, 1.807) is 16.9 Å². The minimum atomic E-state index is -3.80. The summed E-state index contributed by atoms with van der Waals surface area (Å²) in [6.45, 7) is 13.5. The van der Waals surface area contributed by atoms with E-state index in [2.05, 4.69) is 91.7 Å². The van der Waals surface area contributed by atoms with Crippen molar-refractivity contribution >= 4 is 55.1 Å². The predicted molar refractivity (Wildman–Crippen MR) is 222 cm³/mol. The maximum atomic E-state index is 12.8. The zero-order valence-corrected chi connectivity index (χ0v) is 39.2. The van der Waals surface area contributed by atoms with E-state index >= 15 is 0 Å². The monoisotopic (exact) mass is 913 g/mol. The molecule has 0 bridgehead atoms. The molecule has 4 heterocycles. The molecule has 59 heavy (non-hydrogen) atoms. The maximum absolute atomic E-state index is 12.8. The Bertz CT molecular complexity index is 2050. The highest BCUT2D eigenvalue weighted by Gasteiger charge is 2.62. The number of nitriles is 1. The SMILES string of the molecule is CC(C)[Si]1(C(C)C)OC[C@H]2C[C@@H](n3nnc4c(=O)[nH]cnc43)[C@@H](OP(=S)(OCCC#N)OC[C@H]3C[C@@H](Oc4ccncn4)C[C@@H]3O[P+](=O)O)[C@@H]2O[Si](C(C)C)(C(C)C)O1. The molecule has 324 valence electrons. The molecule has 2 saturated carbocycles. The highest BCUT2D eigenvalue weighted by Crippen LogP contribution is 2.58. The van der Waals surface area contributed by atoms with Gasteiger partial charge in [0.25, 0.3) is 5.56 Å². The summed E-state index contributed by atoms with van der Waals surface area (Å²) in [5, 5.41) is 18.1. The van der Waals surface area contributed by atoms with Crippen LogP contribution in [-0.2, 0) is 47.4 Å². The fraction of sp³-hybridized carbons (Fsp3) is 0.743. The van der Waals surface area contributed by atoms with Crippen LogP contribution in [0.15, 0.2) is 29.7 Å². The quantitative estimate of drug-likeness (QED) is 0.0862. The molecular weight excluding hydrogens is 859 g/mol. The summed E-state index contributed by atoms with van der Waals surface area (Å²) in [5.74, 6) is -0.367. The Labute approximate surface area is 351 Å². The molecule has 19 nitrogen and oxygen atoms in total. The fourth-order valence-electron chi connectivity index (χ4n) is 8.63. The molecule has 0 amide bonds. The predicted octanol–water partition coefficient (Wildman–Crippen LogP) is 6.27. The first-order valence-corrected chi connectivity index (χ1v) is 27.7. The Morgan fingerprint density at radius 1 is 1.08 bits per heavy atom. The van der Waals surface area contributed by atoms with Crippen LogP contribution in [0.3, 0.4) is 0 Å². The first-order chi connectivity index (χ1) is 28.0. The maximum Gasteiger partial charge on any atom is 0.695 e. The molecule has 2 unspecified atom stereocenters. The molecule has 6 rings (SSSR count).